The molecular weight excluding hydrogens is 378 g/mol. The van der Waals surface area contributed by atoms with Crippen molar-refractivity contribution < 1.29 is 9.47 Å². The number of pyridine rings is 1. The van der Waals surface area contributed by atoms with Crippen LogP contribution in [0.3, 0.4) is 0 Å². The normalized spacial score (nSPS) is 14.8. The molecule has 1 aromatic heterocycles. The van der Waals surface area contributed by atoms with Gasteiger partial charge < -0.3 is 14.4 Å². The second kappa shape index (κ2) is 11.5. The summed E-state index contributed by atoms with van der Waals surface area (Å²) in [5.41, 5.74) is 5.31. The number of nitrogens with zero attached hydrogens (tertiary/aromatic N) is 4. The van der Waals surface area contributed by atoms with Crippen molar-refractivity contribution >= 4 is 17.9 Å². The fraction of sp³-hybridized carbons (Fsp3) is 0.478. The van der Waals surface area contributed by atoms with E-state index in [0.717, 1.165) is 63.1 Å². The van der Waals surface area contributed by atoms with E-state index in [1.807, 2.05) is 24.3 Å². The monoisotopic (exact) mass is 411 g/mol. The Hall–Kier alpha value is -2.64. The molecular formula is C23H33N5O2. The highest BCUT2D eigenvalue weighted by molar-refractivity contribution is 5.80. The van der Waals surface area contributed by atoms with E-state index in [4.69, 9.17) is 14.5 Å². The summed E-state index contributed by atoms with van der Waals surface area (Å²) >= 11 is 0. The van der Waals surface area contributed by atoms with E-state index >= 15 is 0 Å². The number of hydrazone groups is 1. The minimum Gasteiger partial charge on any atom is -0.492 e. The van der Waals surface area contributed by atoms with Crippen molar-refractivity contribution in [2.75, 3.05) is 62.9 Å². The minimum atomic E-state index is 0.633. The predicted molar refractivity (Wildman–Crippen MR) is 123 cm³/mol. The summed E-state index contributed by atoms with van der Waals surface area (Å²) in [6.45, 7) is 13.1. The summed E-state index contributed by atoms with van der Waals surface area (Å²) in [5.74, 6) is 2.36. The molecule has 0 amide bonds. The molecule has 0 atom stereocenters. The number of anilines is 2. The van der Waals surface area contributed by atoms with Gasteiger partial charge in [-0.3, -0.25) is 10.3 Å². The fourth-order valence-electron chi connectivity index (χ4n) is 3.38. The molecule has 0 radical (unpaired) electrons. The molecule has 30 heavy (non-hydrogen) atoms. The van der Waals surface area contributed by atoms with Crippen LogP contribution in [0.25, 0.3) is 0 Å². The zero-order valence-corrected chi connectivity index (χ0v) is 18.3. The molecule has 0 spiro atoms. The highest BCUT2D eigenvalue weighted by atomic mass is 16.5. The number of morpholine rings is 1. The van der Waals surface area contributed by atoms with E-state index in [-0.39, 0.29) is 0 Å². The van der Waals surface area contributed by atoms with Crippen molar-refractivity contribution in [3.05, 3.63) is 47.5 Å². The van der Waals surface area contributed by atoms with Crippen molar-refractivity contribution in [3.63, 3.8) is 0 Å². The molecule has 2 heterocycles. The lowest BCUT2D eigenvalue weighted by Gasteiger charge is -2.26. The first-order valence-corrected chi connectivity index (χ1v) is 10.7. The average molecular weight is 412 g/mol. The fourth-order valence-corrected chi connectivity index (χ4v) is 3.38. The zero-order chi connectivity index (χ0) is 21.2. The van der Waals surface area contributed by atoms with Crippen LogP contribution < -0.4 is 15.1 Å². The first-order chi connectivity index (χ1) is 14.7. The van der Waals surface area contributed by atoms with Gasteiger partial charge in [0.05, 0.1) is 19.4 Å². The van der Waals surface area contributed by atoms with Gasteiger partial charge in [-0.2, -0.15) is 5.10 Å². The summed E-state index contributed by atoms with van der Waals surface area (Å²) in [6, 6.07) is 12.1. The van der Waals surface area contributed by atoms with Crippen molar-refractivity contribution in [1.82, 2.24) is 9.88 Å². The van der Waals surface area contributed by atoms with Crippen LogP contribution in [-0.2, 0) is 4.74 Å². The van der Waals surface area contributed by atoms with Crippen LogP contribution in [0.1, 0.15) is 25.0 Å². The van der Waals surface area contributed by atoms with Crippen LogP contribution >= 0.6 is 0 Å². The Labute approximate surface area is 179 Å². The Kier molecular flexibility index (Phi) is 8.47. The Bertz CT molecular complexity index is 817. The number of nitrogens with one attached hydrogen (secondary N) is 1. The van der Waals surface area contributed by atoms with Gasteiger partial charge in [0.1, 0.15) is 18.2 Å². The van der Waals surface area contributed by atoms with Gasteiger partial charge >= 0.3 is 0 Å². The molecule has 1 N–H and O–H groups in total. The topological polar surface area (TPSA) is 62.2 Å². The molecule has 1 aromatic carbocycles. The first kappa shape index (κ1) is 22.1. The average Bonchev–Trinajstić information content (AvgIpc) is 2.75. The number of hydrogen-bond donors (Lipinski definition) is 1. The lowest BCUT2D eigenvalue weighted by atomic mass is 10.2. The first-order valence-electron chi connectivity index (χ1n) is 10.7. The smallest absolute Gasteiger partial charge is 0.152 e. The maximum atomic E-state index is 6.07. The van der Waals surface area contributed by atoms with E-state index in [2.05, 4.69) is 53.2 Å². The maximum absolute atomic E-state index is 6.07. The third kappa shape index (κ3) is 6.71. The summed E-state index contributed by atoms with van der Waals surface area (Å²) < 4.78 is 11.5. The Morgan fingerprint density at radius 2 is 2.00 bits per heavy atom. The molecule has 0 unspecified atom stereocenters. The van der Waals surface area contributed by atoms with E-state index in [1.54, 1.807) is 6.21 Å². The Morgan fingerprint density at radius 1 is 1.20 bits per heavy atom. The summed E-state index contributed by atoms with van der Waals surface area (Å²) in [5, 5.41) is 4.37. The van der Waals surface area contributed by atoms with Crippen LogP contribution in [0.2, 0.25) is 0 Å². The van der Waals surface area contributed by atoms with Crippen molar-refractivity contribution in [1.29, 1.82) is 0 Å². The van der Waals surface area contributed by atoms with Gasteiger partial charge in [-0.1, -0.05) is 29.8 Å². The third-order valence-corrected chi connectivity index (χ3v) is 5.09. The standard InChI is InChI=1S/C23H33N5O2/c1-4-28(5-2)23-17-21(30-14-11-27-9-12-29-13-10-27)16-22(25-23)26-24-18-20-8-6-7-19(3)15-20/h6-8,15-18H,4-5,9-14H2,1-3H3,(H,25,26). The van der Waals surface area contributed by atoms with Crippen LogP contribution in [-0.4, -0.2) is 68.6 Å². The molecule has 1 aliphatic heterocycles. The van der Waals surface area contributed by atoms with Crippen molar-refractivity contribution in [2.45, 2.75) is 20.8 Å². The lowest BCUT2D eigenvalue weighted by molar-refractivity contribution is 0.0322. The predicted octanol–water partition coefficient (Wildman–Crippen LogP) is 3.39. The summed E-state index contributed by atoms with van der Waals surface area (Å²) in [4.78, 5) is 9.28. The van der Waals surface area contributed by atoms with Gasteiger partial charge in [0.25, 0.3) is 0 Å². The number of aromatic nitrogens is 1. The third-order valence-electron chi connectivity index (χ3n) is 5.09. The highest BCUT2D eigenvalue weighted by Gasteiger charge is 2.12. The van der Waals surface area contributed by atoms with Crippen LogP contribution in [0.15, 0.2) is 41.5 Å². The number of benzene rings is 1. The van der Waals surface area contributed by atoms with Gasteiger partial charge in [-0.25, -0.2) is 4.98 Å². The van der Waals surface area contributed by atoms with Gasteiger partial charge in [0.2, 0.25) is 0 Å². The number of ether oxygens (including phenoxy) is 2. The van der Waals surface area contributed by atoms with E-state index in [0.29, 0.717) is 12.4 Å². The van der Waals surface area contributed by atoms with Crippen LogP contribution in [0.4, 0.5) is 11.6 Å². The molecule has 162 valence electrons. The largest absolute Gasteiger partial charge is 0.492 e. The number of rotatable bonds is 10. The minimum absolute atomic E-state index is 0.633. The molecule has 2 aromatic rings. The maximum Gasteiger partial charge on any atom is 0.152 e. The van der Waals surface area contributed by atoms with Gasteiger partial charge in [-0.05, 0) is 26.3 Å². The van der Waals surface area contributed by atoms with Gasteiger partial charge in [0.15, 0.2) is 5.82 Å². The SMILES string of the molecule is CCN(CC)c1cc(OCCN2CCOCC2)cc(NN=Cc2cccc(C)c2)n1. The summed E-state index contributed by atoms with van der Waals surface area (Å²) in [6.07, 6.45) is 1.80. The van der Waals surface area contributed by atoms with Crippen molar-refractivity contribution in [2.24, 2.45) is 5.10 Å². The zero-order valence-electron chi connectivity index (χ0n) is 18.3. The van der Waals surface area contributed by atoms with Gasteiger partial charge in [0, 0.05) is 44.9 Å². The van der Waals surface area contributed by atoms with E-state index < -0.39 is 0 Å². The lowest BCUT2D eigenvalue weighted by Crippen LogP contribution is -2.38. The summed E-state index contributed by atoms with van der Waals surface area (Å²) in [7, 11) is 0. The second-order valence-electron chi connectivity index (χ2n) is 7.31. The number of hydrogen-bond acceptors (Lipinski definition) is 7. The molecule has 1 saturated heterocycles. The molecule has 1 fully saturated rings. The van der Waals surface area contributed by atoms with Gasteiger partial charge in [-0.15, -0.1) is 0 Å². The molecule has 3 rings (SSSR count). The molecule has 0 saturated carbocycles. The van der Waals surface area contributed by atoms with E-state index in [9.17, 15) is 0 Å². The molecule has 1 aliphatic rings. The quantitative estimate of drug-likeness (QED) is 0.478. The Morgan fingerprint density at radius 3 is 2.73 bits per heavy atom. The molecule has 7 heteroatoms. The molecule has 0 bridgehead atoms. The second-order valence-corrected chi connectivity index (χ2v) is 7.31. The highest BCUT2D eigenvalue weighted by Crippen LogP contribution is 2.23. The molecule has 0 aliphatic carbocycles. The molecule has 7 nitrogen and oxygen atoms in total. The van der Waals surface area contributed by atoms with Crippen LogP contribution in [0.5, 0.6) is 5.75 Å². The Balaban J connectivity index is 1.67. The van der Waals surface area contributed by atoms with Crippen molar-refractivity contribution in [3.8, 4) is 5.75 Å². The van der Waals surface area contributed by atoms with Crippen LogP contribution in [0, 0.1) is 6.92 Å². The van der Waals surface area contributed by atoms with E-state index in [1.165, 1.54) is 5.56 Å². The number of aryl methyl sites for hydroxylation is 1.